The monoisotopic (exact) mass is 438 g/mol. The first-order valence-corrected chi connectivity index (χ1v) is 11.3. The average Bonchev–Trinajstić information content (AvgIpc) is 3.09. The van der Waals surface area contributed by atoms with E-state index in [0.717, 1.165) is 70.8 Å². The Morgan fingerprint density at radius 1 is 0.969 bits per heavy atom. The molecule has 32 heavy (non-hydrogen) atoms. The quantitative estimate of drug-likeness (QED) is 0.565. The number of nitrogens with zero attached hydrogens (tertiary/aromatic N) is 5. The van der Waals surface area contributed by atoms with E-state index in [0.29, 0.717) is 11.4 Å². The van der Waals surface area contributed by atoms with Crippen LogP contribution >= 0.6 is 0 Å². The summed E-state index contributed by atoms with van der Waals surface area (Å²) in [5, 5.41) is 14.5. The largest absolute Gasteiger partial charge is 0.366 e. The second-order valence-corrected chi connectivity index (χ2v) is 8.51. The van der Waals surface area contributed by atoms with Crippen molar-refractivity contribution in [3.63, 3.8) is 0 Å². The molecule has 1 aromatic carbocycles. The Morgan fingerprint density at radius 2 is 1.69 bits per heavy atom. The fourth-order valence-electron chi connectivity index (χ4n) is 4.28. The van der Waals surface area contributed by atoms with Crippen molar-refractivity contribution in [3.05, 3.63) is 52.2 Å². The lowest BCUT2D eigenvalue weighted by atomic mass is 10.1. The number of nitro groups is 1. The summed E-state index contributed by atoms with van der Waals surface area (Å²) in [5.41, 5.74) is 1.39. The molecule has 170 valence electrons. The van der Waals surface area contributed by atoms with Crippen molar-refractivity contribution in [3.8, 4) is 0 Å². The maximum absolute atomic E-state index is 12.8. The van der Waals surface area contributed by atoms with Gasteiger partial charge in [-0.15, -0.1) is 0 Å². The van der Waals surface area contributed by atoms with Crippen LogP contribution in [0.4, 0.5) is 22.9 Å². The number of nitro benzene ring substituents is 1. The van der Waals surface area contributed by atoms with Gasteiger partial charge in [0.15, 0.2) is 0 Å². The number of hydrogen-bond acceptors (Lipinski definition) is 7. The summed E-state index contributed by atoms with van der Waals surface area (Å²) in [5.74, 6) is 0.498. The van der Waals surface area contributed by atoms with E-state index in [1.165, 1.54) is 6.07 Å². The Labute approximate surface area is 188 Å². The molecule has 2 aliphatic rings. The molecule has 2 aliphatic heterocycles. The van der Waals surface area contributed by atoms with Crippen molar-refractivity contribution in [2.75, 3.05) is 61.4 Å². The van der Waals surface area contributed by atoms with E-state index in [2.05, 4.69) is 32.0 Å². The minimum absolute atomic E-state index is 0.0249. The number of benzene rings is 1. The Bertz CT molecular complexity index is 949. The summed E-state index contributed by atoms with van der Waals surface area (Å²) in [6.07, 6.45) is 5.97. The summed E-state index contributed by atoms with van der Waals surface area (Å²) in [6.45, 7) is 5.43. The number of nitrogens with one attached hydrogen (secondary N) is 1. The van der Waals surface area contributed by atoms with Gasteiger partial charge in [-0.2, -0.15) is 0 Å². The lowest BCUT2D eigenvalue weighted by Crippen LogP contribution is -2.44. The summed E-state index contributed by atoms with van der Waals surface area (Å²) in [6, 6.07) is 8.45. The van der Waals surface area contributed by atoms with Crippen LogP contribution in [0.3, 0.4) is 0 Å². The van der Waals surface area contributed by atoms with Crippen LogP contribution in [-0.4, -0.2) is 67.0 Å². The molecule has 0 spiro atoms. The van der Waals surface area contributed by atoms with E-state index < -0.39 is 4.92 Å². The standard InChI is InChI=1S/C23H30N6O3/c1-26-12-14-28(15-13-26)22-9-7-19(17-24-22)25-23(30)18-6-8-20(21(16-18)29(31)32)27-10-4-2-3-5-11-27/h6-9,16-17H,2-5,10-15H2,1H3,(H,25,30). The third kappa shape index (κ3) is 5.16. The number of piperazine rings is 1. The van der Waals surface area contributed by atoms with E-state index in [4.69, 9.17) is 0 Å². The van der Waals surface area contributed by atoms with Crippen molar-refractivity contribution in [2.24, 2.45) is 0 Å². The molecule has 0 radical (unpaired) electrons. The van der Waals surface area contributed by atoms with Crippen LogP contribution in [0.1, 0.15) is 36.0 Å². The molecule has 0 bridgehead atoms. The Balaban J connectivity index is 1.45. The summed E-state index contributed by atoms with van der Waals surface area (Å²) in [4.78, 5) is 35.1. The Kier molecular flexibility index (Phi) is 6.84. The SMILES string of the molecule is CN1CCN(c2ccc(NC(=O)c3ccc(N4CCCCCC4)c([N+](=O)[O-])c3)cn2)CC1. The number of anilines is 3. The normalized spacial score (nSPS) is 17.7. The molecule has 1 amide bonds. The second kappa shape index (κ2) is 9.95. The zero-order valence-electron chi connectivity index (χ0n) is 18.5. The van der Waals surface area contributed by atoms with E-state index in [1.54, 1.807) is 18.3 Å². The molecule has 4 rings (SSSR count). The van der Waals surface area contributed by atoms with E-state index >= 15 is 0 Å². The highest BCUT2D eigenvalue weighted by Crippen LogP contribution is 2.31. The third-order valence-electron chi connectivity index (χ3n) is 6.21. The van der Waals surface area contributed by atoms with Crippen LogP contribution in [-0.2, 0) is 0 Å². The first kappa shape index (κ1) is 22.0. The zero-order valence-corrected chi connectivity index (χ0v) is 18.5. The third-order valence-corrected chi connectivity index (χ3v) is 6.21. The van der Waals surface area contributed by atoms with Crippen LogP contribution in [0.2, 0.25) is 0 Å². The number of amides is 1. The fraction of sp³-hybridized carbons (Fsp3) is 0.478. The maximum Gasteiger partial charge on any atom is 0.293 e. The van der Waals surface area contributed by atoms with Gasteiger partial charge in [-0.25, -0.2) is 4.98 Å². The Morgan fingerprint density at radius 3 is 2.31 bits per heavy atom. The minimum atomic E-state index is -0.399. The first-order valence-electron chi connectivity index (χ1n) is 11.3. The predicted octanol–water partition coefficient (Wildman–Crippen LogP) is 3.37. The highest BCUT2D eigenvalue weighted by atomic mass is 16.6. The smallest absolute Gasteiger partial charge is 0.293 e. The van der Waals surface area contributed by atoms with Crippen LogP contribution in [0.25, 0.3) is 0 Å². The van der Waals surface area contributed by atoms with Gasteiger partial charge in [-0.3, -0.25) is 14.9 Å². The van der Waals surface area contributed by atoms with Gasteiger partial charge < -0.3 is 20.0 Å². The van der Waals surface area contributed by atoms with E-state index in [9.17, 15) is 14.9 Å². The van der Waals surface area contributed by atoms with Crippen molar-refractivity contribution >= 4 is 28.8 Å². The molecule has 0 aliphatic carbocycles. The molecule has 9 nitrogen and oxygen atoms in total. The van der Waals surface area contributed by atoms with Gasteiger partial charge in [-0.05, 0) is 44.2 Å². The van der Waals surface area contributed by atoms with Gasteiger partial charge in [0.25, 0.3) is 11.6 Å². The molecule has 2 aromatic rings. The lowest BCUT2D eigenvalue weighted by Gasteiger charge is -2.33. The molecule has 0 unspecified atom stereocenters. The summed E-state index contributed by atoms with van der Waals surface area (Å²) in [7, 11) is 2.11. The molecule has 0 atom stereocenters. The summed E-state index contributed by atoms with van der Waals surface area (Å²) < 4.78 is 0. The van der Waals surface area contributed by atoms with Crippen molar-refractivity contribution in [1.82, 2.24) is 9.88 Å². The van der Waals surface area contributed by atoms with Crippen LogP contribution in [0.15, 0.2) is 36.5 Å². The lowest BCUT2D eigenvalue weighted by molar-refractivity contribution is -0.384. The molecule has 2 saturated heterocycles. The van der Waals surface area contributed by atoms with Crippen LogP contribution < -0.4 is 15.1 Å². The molecule has 1 N–H and O–H groups in total. The number of hydrogen-bond donors (Lipinski definition) is 1. The van der Waals surface area contributed by atoms with E-state index in [-0.39, 0.29) is 17.2 Å². The number of carbonyl (C=O) groups is 1. The van der Waals surface area contributed by atoms with Crippen molar-refractivity contribution < 1.29 is 9.72 Å². The van der Waals surface area contributed by atoms with Crippen molar-refractivity contribution in [2.45, 2.75) is 25.7 Å². The van der Waals surface area contributed by atoms with Crippen LogP contribution in [0.5, 0.6) is 0 Å². The Hall–Kier alpha value is -3.20. The maximum atomic E-state index is 12.8. The topological polar surface area (TPSA) is 94.8 Å². The molecule has 9 heteroatoms. The van der Waals surface area contributed by atoms with Crippen molar-refractivity contribution in [1.29, 1.82) is 0 Å². The summed E-state index contributed by atoms with van der Waals surface area (Å²) >= 11 is 0. The molecule has 0 saturated carbocycles. The van der Waals surface area contributed by atoms with Crippen LogP contribution in [0, 0.1) is 10.1 Å². The molecule has 3 heterocycles. The molecule has 2 fully saturated rings. The second-order valence-electron chi connectivity index (χ2n) is 8.51. The van der Waals surface area contributed by atoms with Gasteiger partial charge in [0.2, 0.25) is 0 Å². The molecular formula is C23H30N6O3. The van der Waals surface area contributed by atoms with Gasteiger partial charge in [0.1, 0.15) is 11.5 Å². The van der Waals surface area contributed by atoms with E-state index in [1.807, 2.05) is 12.1 Å². The zero-order chi connectivity index (χ0) is 22.5. The fourth-order valence-corrected chi connectivity index (χ4v) is 4.28. The average molecular weight is 439 g/mol. The van der Waals surface area contributed by atoms with Gasteiger partial charge in [-0.1, -0.05) is 12.8 Å². The first-order chi connectivity index (χ1) is 15.5. The number of likely N-dealkylation sites (N-methyl/N-ethyl adjacent to an activating group) is 1. The molecule has 1 aromatic heterocycles. The van der Waals surface area contributed by atoms with Gasteiger partial charge >= 0.3 is 0 Å². The minimum Gasteiger partial charge on any atom is -0.366 e. The molecular weight excluding hydrogens is 408 g/mol. The van der Waals surface area contributed by atoms with Gasteiger partial charge in [0.05, 0.1) is 16.8 Å². The highest BCUT2D eigenvalue weighted by Gasteiger charge is 2.23. The highest BCUT2D eigenvalue weighted by molar-refractivity contribution is 6.05. The van der Waals surface area contributed by atoms with Gasteiger partial charge in [0, 0.05) is 50.9 Å². The predicted molar refractivity (Wildman–Crippen MR) is 126 cm³/mol. The number of pyridine rings is 1. The number of aromatic nitrogens is 1. The number of carbonyl (C=O) groups excluding carboxylic acids is 1. The number of rotatable bonds is 5.